The van der Waals surface area contributed by atoms with Crippen molar-refractivity contribution in [2.75, 3.05) is 0 Å². The lowest BCUT2D eigenvalue weighted by Crippen LogP contribution is -2.06. The van der Waals surface area contributed by atoms with E-state index in [-0.39, 0.29) is 22.6 Å². The molecule has 0 spiro atoms. The largest absolute Gasteiger partial charge is 0.493 e. The van der Waals surface area contributed by atoms with Crippen LogP contribution in [-0.4, -0.2) is 39.7 Å². The number of halogens is 6. The average molecular weight is 788 g/mol. The molecule has 4 aromatic heterocycles. The van der Waals surface area contributed by atoms with Gasteiger partial charge in [0.1, 0.15) is 0 Å². The molecule has 0 bridgehead atoms. The van der Waals surface area contributed by atoms with Gasteiger partial charge >= 0.3 is 0 Å². The number of aromatic hydroxyl groups is 2. The van der Waals surface area contributed by atoms with E-state index in [1.165, 1.54) is 21.4 Å². The van der Waals surface area contributed by atoms with Crippen LogP contribution in [0.3, 0.4) is 0 Å². The van der Waals surface area contributed by atoms with E-state index in [1.54, 1.807) is 26.0 Å². The average Bonchev–Trinajstić information content (AvgIpc) is 3.88. The van der Waals surface area contributed by atoms with E-state index in [0.717, 1.165) is 26.1 Å². The van der Waals surface area contributed by atoms with Crippen LogP contribution in [-0.2, 0) is 0 Å². The summed E-state index contributed by atoms with van der Waals surface area (Å²) in [5, 5.41) is 36.7. The molecule has 49 heavy (non-hydrogen) atoms. The predicted molar refractivity (Wildman–Crippen MR) is 182 cm³/mol. The van der Waals surface area contributed by atoms with Gasteiger partial charge in [0.05, 0.1) is 22.8 Å². The summed E-state index contributed by atoms with van der Waals surface area (Å²) in [6, 6.07) is 15.0. The standard InChI is InChI=1S/C33H20BrClF4N6O2S2/c1-14-24(30(46)44(42-14)32-40-22(12-48-32)16-5-9-19(35)10-6-16)26(17-3-7-18(34)8-4-17)25-15(2)43-45(31(25)47)33-41-23(13-49-33)20-11-21(36)28(38)29(39)27(20)37/h3-13,26,46-47H,1-2H3. The van der Waals surface area contributed by atoms with Gasteiger partial charge in [0.25, 0.3) is 0 Å². The first kappa shape index (κ1) is 33.0. The molecular weight excluding hydrogens is 768 g/mol. The van der Waals surface area contributed by atoms with Gasteiger partial charge in [-0.15, -0.1) is 22.7 Å². The molecule has 8 nitrogen and oxygen atoms in total. The zero-order valence-corrected chi connectivity index (χ0v) is 29.1. The highest BCUT2D eigenvalue weighted by atomic mass is 79.9. The molecular formula is C33H20BrClF4N6O2S2. The van der Waals surface area contributed by atoms with E-state index < -0.39 is 34.8 Å². The van der Waals surface area contributed by atoms with Crippen LogP contribution in [0.4, 0.5) is 17.6 Å². The molecule has 1 unspecified atom stereocenters. The maximum atomic E-state index is 14.6. The topological polar surface area (TPSA) is 102 Å². The van der Waals surface area contributed by atoms with Crippen LogP contribution in [0.15, 0.2) is 69.8 Å². The second-order valence-corrected chi connectivity index (χ2v) is 13.9. The van der Waals surface area contributed by atoms with Gasteiger partial charge in [0.2, 0.25) is 22.0 Å². The summed E-state index contributed by atoms with van der Waals surface area (Å²) < 4.78 is 59.3. The molecule has 0 fully saturated rings. The van der Waals surface area contributed by atoms with Crippen LogP contribution >= 0.6 is 50.2 Å². The molecule has 0 aliphatic rings. The number of rotatable bonds is 7. The van der Waals surface area contributed by atoms with Crippen LogP contribution in [0.2, 0.25) is 5.02 Å². The summed E-state index contributed by atoms with van der Waals surface area (Å²) in [6.45, 7) is 3.39. The maximum Gasteiger partial charge on any atom is 0.220 e. The highest BCUT2D eigenvalue weighted by Crippen LogP contribution is 2.45. The van der Waals surface area contributed by atoms with E-state index >= 15 is 0 Å². The molecule has 7 rings (SSSR count). The number of aryl methyl sites for hydroxylation is 2. The molecule has 0 amide bonds. The first-order chi connectivity index (χ1) is 23.4. The van der Waals surface area contributed by atoms with E-state index in [2.05, 4.69) is 36.1 Å². The highest BCUT2D eigenvalue weighted by molar-refractivity contribution is 9.10. The van der Waals surface area contributed by atoms with Crippen molar-refractivity contribution in [3.63, 3.8) is 0 Å². The summed E-state index contributed by atoms with van der Waals surface area (Å²) >= 11 is 11.7. The fourth-order valence-electron chi connectivity index (χ4n) is 5.49. The van der Waals surface area contributed by atoms with Crippen LogP contribution in [0.5, 0.6) is 11.8 Å². The maximum absolute atomic E-state index is 14.6. The Morgan fingerprint density at radius 3 is 1.84 bits per heavy atom. The third kappa shape index (κ3) is 5.79. The first-order valence-electron chi connectivity index (χ1n) is 14.3. The Labute approximate surface area is 296 Å². The van der Waals surface area contributed by atoms with Crippen molar-refractivity contribution in [3.05, 3.63) is 126 Å². The van der Waals surface area contributed by atoms with Crippen LogP contribution in [0.1, 0.15) is 34.0 Å². The number of hydrogen-bond donors (Lipinski definition) is 2. The molecule has 1 atom stereocenters. The molecule has 0 saturated carbocycles. The quantitative estimate of drug-likeness (QED) is 0.0949. The van der Waals surface area contributed by atoms with Gasteiger partial charge < -0.3 is 10.2 Å². The lowest BCUT2D eigenvalue weighted by molar-refractivity contribution is 0.410. The molecule has 0 aliphatic carbocycles. The molecule has 0 aliphatic heterocycles. The number of benzene rings is 3. The Bertz CT molecular complexity index is 2370. The fraction of sp³-hybridized carbons (Fsp3) is 0.0909. The summed E-state index contributed by atoms with van der Waals surface area (Å²) in [4.78, 5) is 8.93. The van der Waals surface area contributed by atoms with Crippen molar-refractivity contribution < 1.29 is 27.8 Å². The molecule has 3 aromatic carbocycles. The van der Waals surface area contributed by atoms with Crippen LogP contribution < -0.4 is 0 Å². The smallest absolute Gasteiger partial charge is 0.220 e. The van der Waals surface area contributed by atoms with Crippen molar-refractivity contribution in [1.82, 2.24) is 29.5 Å². The lowest BCUT2D eigenvalue weighted by Gasteiger charge is -2.18. The number of aromatic nitrogens is 6. The van der Waals surface area contributed by atoms with Crippen molar-refractivity contribution >= 4 is 50.2 Å². The third-order valence-electron chi connectivity index (χ3n) is 7.81. The summed E-state index contributed by atoms with van der Waals surface area (Å²) in [5.74, 6) is -8.43. The van der Waals surface area contributed by atoms with Gasteiger partial charge in [0.15, 0.2) is 23.3 Å². The van der Waals surface area contributed by atoms with Gasteiger partial charge in [-0.3, -0.25) is 0 Å². The zero-order chi connectivity index (χ0) is 34.7. The van der Waals surface area contributed by atoms with E-state index in [4.69, 9.17) is 11.6 Å². The Morgan fingerprint density at radius 2 is 1.27 bits per heavy atom. The first-order valence-corrected chi connectivity index (χ1v) is 17.2. The van der Waals surface area contributed by atoms with Gasteiger partial charge in [-0.2, -0.15) is 19.6 Å². The Balaban J connectivity index is 1.33. The highest BCUT2D eigenvalue weighted by Gasteiger charge is 2.34. The van der Waals surface area contributed by atoms with Crippen LogP contribution in [0.25, 0.3) is 32.8 Å². The van der Waals surface area contributed by atoms with Gasteiger partial charge in [0, 0.05) is 48.4 Å². The minimum absolute atomic E-state index is 0.0371. The number of hydrogen-bond acceptors (Lipinski definition) is 8. The predicted octanol–water partition coefficient (Wildman–Crippen LogP) is 9.49. The fourth-order valence-corrected chi connectivity index (χ4v) is 7.44. The van der Waals surface area contributed by atoms with Crippen molar-refractivity contribution in [1.29, 1.82) is 0 Å². The van der Waals surface area contributed by atoms with Gasteiger partial charge in [-0.25, -0.2) is 27.5 Å². The SMILES string of the molecule is Cc1nn(-c2nc(-c3ccc(Cl)cc3)cs2)c(O)c1C(c1ccc(Br)cc1)c1c(C)nn(-c2nc(-c3cc(F)c(F)c(F)c3F)cs2)c1O. The number of thiazole rings is 2. The second-order valence-electron chi connectivity index (χ2n) is 10.8. The minimum Gasteiger partial charge on any atom is -0.493 e. The second kappa shape index (κ2) is 12.7. The Kier molecular flexibility index (Phi) is 8.55. The van der Waals surface area contributed by atoms with Crippen molar-refractivity contribution in [2.45, 2.75) is 19.8 Å². The van der Waals surface area contributed by atoms with E-state index in [1.807, 2.05) is 41.8 Å². The summed E-state index contributed by atoms with van der Waals surface area (Å²) in [6.07, 6.45) is 0. The normalized spacial score (nSPS) is 12.2. The van der Waals surface area contributed by atoms with Crippen molar-refractivity contribution in [2.24, 2.45) is 0 Å². The van der Waals surface area contributed by atoms with E-state index in [0.29, 0.717) is 50.0 Å². The molecule has 0 saturated heterocycles. The summed E-state index contributed by atoms with van der Waals surface area (Å²) in [5.41, 5.74) is 2.89. The molecule has 0 radical (unpaired) electrons. The molecule has 2 N–H and O–H groups in total. The minimum atomic E-state index is -1.96. The molecule has 248 valence electrons. The monoisotopic (exact) mass is 786 g/mol. The van der Waals surface area contributed by atoms with Crippen LogP contribution in [0, 0.1) is 37.1 Å². The van der Waals surface area contributed by atoms with Gasteiger partial charge in [-0.1, -0.05) is 51.8 Å². The molecule has 16 heteroatoms. The van der Waals surface area contributed by atoms with E-state index in [9.17, 15) is 27.8 Å². The summed E-state index contributed by atoms with van der Waals surface area (Å²) in [7, 11) is 0. The lowest BCUT2D eigenvalue weighted by atomic mass is 9.85. The Hall–Kier alpha value is -4.57. The molecule has 7 aromatic rings. The van der Waals surface area contributed by atoms with Gasteiger partial charge in [-0.05, 0) is 49.7 Å². The third-order valence-corrected chi connectivity index (χ3v) is 10.2. The molecule has 4 heterocycles. The number of nitrogens with zero attached hydrogens (tertiary/aromatic N) is 6. The zero-order valence-electron chi connectivity index (χ0n) is 25.1. The van der Waals surface area contributed by atoms with Crippen molar-refractivity contribution in [3.8, 4) is 44.5 Å². The Morgan fingerprint density at radius 1 is 0.735 bits per heavy atom.